The van der Waals surface area contributed by atoms with Gasteiger partial charge in [-0.05, 0) is 146 Å². The van der Waals surface area contributed by atoms with Crippen LogP contribution in [0.3, 0.4) is 0 Å². The van der Waals surface area contributed by atoms with E-state index in [0.29, 0.717) is 0 Å². The largest absolute Gasteiger partial charge is 0.456 e. The summed E-state index contributed by atoms with van der Waals surface area (Å²) in [5.74, 6) is 0. The molecule has 3 nitrogen and oxygen atoms in total. The van der Waals surface area contributed by atoms with Gasteiger partial charge in [0, 0.05) is 38.6 Å². The average molecular weight is 780 g/mol. The fourth-order valence-electron chi connectivity index (χ4n) is 9.12. The van der Waals surface area contributed by atoms with Crippen LogP contribution in [0.25, 0.3) is 99.2 Å². The number of furan rings is 2. The fourth-order valence-corrected chi connectivity index (χ4v) is 9.12. The van der Waals surface area contributed by atoms with Crippen molar-refractivity contribution in [3.8, 4) is 44.5 Å². The standard InChI is InChI=1S/C58H37NO2/c1-3-13-44(14-4-1)59(45-15-5-2-6-16-45)46-27-23-38(24-28-46)47-31-32-48(50-18-8-7-17-49(47)50)43-34-41(39-25-29-53-51-19-9-11-21-55(51)60-57(53)36-39)33-42(35-43)40-26-30-54-52-20-10-12-22-56(52)61-58(54)37-40/h1-37H. The second-order valence-corrected chi connectivity index (χ2v) is 15.7. The number of para-hydroxylation sites is 4. The lowest BCUT2D eigenvalue weighted by Gasteiger charge is -2.25. The van der Waals surface area contributed by atoms with Crippen molar-refractivity contribution in [2.75, 3.05) is 4.90 Å². The van der Waals surface area contributed by atoms with Crippen LogP contribution < -0.4 is 4.90 Å². The lowest BCUT2D eigenvalue weighted by atomic mass is 9.88. The van der Waals surface area contributed by atoms with Gasteiger partial charge in [-0.1, -0.05) is 133 Å². The molecule has 0 bridgehead atoms. The Morgan fingerprint density at radius 1 is 0.230 bits per heavy atom. The van der Waals surface area contributed by atoms with Crippen LogP contribution in [-0.4, -0.2) is 0 Å². The first kappa shape index (κ1) is 34.9. The van der Waals surface area contributed by atoms with Gasteiger partial charge in [0.1, 0.15) is 22.3 Å². The zero-order valence-electron chi connectivity index (χ0n) is 33.1. The Labute approximate surface area is 353 Å². The number of benzene rings is 10. The van der Waals surface area contributed by atoms with E-state index in [-0.39, 0.29) is 0 Å². The third-order valence-electron chi connectivity index (χ3n) is 12.1. The van der Waals surface area contributed by atoms with Gasteiger partial charge < -0.3 is 13.7 Å². The minimum absolute atomic E-state index is 0.880. The summed E-state index contributed by atoms with van der Waals surface area (Å²) in [6.07, 6.45) is 0. The maximum absolute atomic E-state index is 6.38. The normalized spacial score (nSPS) is 11.6. The van der Waals surface area contributed by atoms with Crippen molar-refractivity contribution in [2.45, 2.75) is 0 Å². The van der Waals surface area contributed by atoms with Crippen molar-refractivity contribution in [2.24, 2.45) is 0 Å². The van der Waals surface area contributed by atoms with Gasteiger partial charge in [0.25, 0.3) is 0 Å². The molecule has 0 radical (unpaired) electrons. The van der Waals surface area contributed by atoms with Crippen molar-refractivity contribution in [1.82, 2.24) is 0 Å². The van der Waals surface area contributed by atoms with Crippen LogP contribution in [0, 0.1) is 0 Å². The maximum atomic E-state index is 6.38. The van der Waals surface area contributed by atoms with Crippen molar-refractivity contribution >= 4 is 71.7 Å². The van der Waals surface area contributed by atoms with Gasteiger partial charge in [-0.15, -0.1) is 0 Å². The van der Waals surface area contributed by atoms with Crippen molar-refractivity contribution < 1.29 is 8.83 Å². The van der Waals surface area contributed by atoms with Gasteiger partial charge in [-0.25, -0.2) is 0 Å². The lowest BCUT2D eigenvalue weighted by Crippen LogP contribution is -2.09. The Kier molecular flexibility index (Phi) is 8.17. The highest BCUT2D eigenvalue weighted by Gasteiger charge is 2.17. The number of hydrogen-bond acceptors (Lipinski definition) is 3. The first-order chi connectivity index (χ1) is 30.2. The third kappa shape index (κ3) is 6.06. The zero-order valence-corrected chi connectivity index (χ0v) is 33.1. The smallest absolute Gasteiger partial charge is 0.136 e. The molecular formula is C58H37NO2. The highest BCUT2D eigenvalue weighted by Crippen LogP contribution is 2.42. The van der Waals surface area contributed by atoms with Crippen LogP contribution in [0.2, 0.25) is 0 Å². The van der Waals surface area contributed by atoms with E-state index in [1.165, 1.54) is 27.5 Å². The van der Waals surface area contributed by atoms with E-state index >= 15 is 0 Å². The molecule has 0 spiro atoms. The highest BCUT2D eigenvalue weighted by atomic mass is 16.3. The molecule has 12 rings (SSSR count). The minimum Gasteiger partial charge on any atom is -0.456 e. The molecule has 0 aliphatic rings. The van der Waals surface area contributed by atoms with Crippen LogP contribution in [0.5, 0.6) is 0 Å². The topological polar surface area (TPSA) is 29.5 Å². The quantitative estimate of drug-likeness (QED) is 0.161. The molecule has 10 aromatic carbocycles. The molecule has 0 N–H and O–H groups in total. The fraction of sp³-hybridized carbons (Fsp3) is 0. The lowest BCUT2D eigenvalue weighted by molar-refractivity contribution is 0.668. The molecule has 0 unspecified atom stereocenters. The number of nitrogens with zero attached hydrogens (tertiary/aromatic N) is 1. The summed E-state index contributed by atoms with van der Waals surface area (Å²) in [5, 5.41) is 6.90. The van der Waals surface area contributed by atoms with Crippen LogP contribution in [0.15, 0.2) is 233 Å². The molecule has 0 saturated heterocycles. The zero-order chi connectivity index (χ0) is 40.3. The Hall–Kier alpha value is -8.14. The average Bonchev–Trinajstić information content (AvgIpc) is 3.90. The van der Waals surface area contributed by atoms with E-state index in [2.05, 4.69) is 205 Å². The predicted octanol–water partition coefficient (Wildman–Crippen LogP) is 16.8. The molecular weight excluding hydrogens is 743 g/mol. The number of hydrogen-bond donors (Lipinski definition) is 0. The number of fused-ring (bicyclic) bond motifs is 7. The minimum atomic E-state index is 0.880. The monoisotopic (exact) mass is 779 g/mol. The Morgan fingerprint density at radius 3 is 1.11 bits per heavy atom. The predicted molar refractivity (Wildman–Crippen MR) is 255 cm³/mol. The molecule has 61 heavy (non-hydrogen) atoms. The van der Waals surface area contributed by atoms with Gasteiger partial charge in [0.2, 0.25) is 0 Å². The molecule has 0 amide bonds. The van der Waals surface area contributed by atoms with Gasteiger partial charge in [0.15, 0.2) is 0 Å². The summed E-state index contributed by atoms with van der Waals surface area (Å²) in [6, 6.07) is 80.0. The van der Waals surface area contributed by atoms with E-state index in [4.69, 9.17) is 8.83 Å². The molecule has 0 fully saturated rings. The molecule has 0 aliphatic heterocycles. The van der Waals surface area contributed by atoms with E-state index < -0.39 is 0 Å². The summed E-state index contributed by atoms with van der Waals surface area (Å²) in [7, 11) is 0. The summed E-state index contributed by atoms with van der Waals surface area (Å²) >= 11 is 0. The van der Waals surface area contributed by atoms with E-state index in [1.54, 1.807) is 0 Å². The Morgan fingerprint density at radius 2 is 0.607 bits per heavy atom. The Balaban J connectivity index is 0.993. The van der Waals surface area contributed by atoms with E-state index in [9.17, 15) is 0 Å². The van der Waals surface area contributed by atoms with Crippen molar-refractivity contribution in [3.05, 3.63) is 224 Å². The molecule has 3 heteroatoms. The number of rotatable bonds is 7. The van der Waals surface area contributed by atoms with Crippen LogP contribution in [0.4, 0.5) is 17.1 Å². The second kappa shape index (κ2) is 14.3. The Bertz CT molecular complexity index is 3410. The van der Waals surface area contributed by atoms with Crippen LogP contribution >= 0.6 is 0 Å². The summed E-state index contributed by atoms with van der Waals surface area (Å²) in [6.45, 7) is 0. The molecule has 2 aromatic heterocycles. The van der Waals surface area contributed by atoms with Gasteiger partial charge in [0.05, 0.1) is 0 Å². The molecule has 286 valence electrons. The number of anilines is 3. The van der Waals surface area contributed by atoms with E-state index in [0.717, 1.165) is 88.8 Å². The molecule has 0 aliphatic carbocycles. The van der Waals surface area contributed by atoms with Crippen LogP contribution in [-0.2, 0) is 0 Å². The summed E-state index contributed by atoms with van der Waals surface area (Å²) in [4.78, 5) is 2.30. The van der Waals surface area contributed by atoms with Gasteiger partial charge in [-0.3, -0.25) is 0 Å². The first-order valence-electron chi connectivity index (χ1n) is 20.7. The van der Waals surface area contributed by atoms with Gasteiger partial charge in [-0.2, -0.15) is 0 Å². The van der Waals surface area contributed by atoms with Crippen molar-refractivity contribution in [3.63, 3.8) is 0 Å². The first-order valence-corrected chi connectivity index (χ1v) is 20.7. The summed E-state index contributed by atoms with van der Waals surface area (Å²) < 4.78 is 12.8. The summed E-state index contributed by atoms with van der Waals surface area (Å²) in [5.41, 5.74) is 16.0. The molecule has 2 heterocycles. The molecule has 12 aromatic rings. The maximum Gasteiger partial charge on any atom is 0.136 e. The van der Waals surface area contributed by atoms with Gasteiger partial charge >= 0.3 is 0 Å². The second-order valence-electron chi connectivity index (χ2n) is 15.7. The van der Waals surface area contributed by atoms with E-state index in [1.807, 2.05) is 24.3 Å². The highest BCUT2D eigenvalue weighted by molar-refractivity contribution is 6.09. The van der Waals surface area contributed by atoms with Crippen molar-refractivity contribution in [1.29, 1.82) is 0 Å². The van der Waals surface area contributed by atoms with Crippen LogP contribution in [0.1, 0.15) is 0 Å². The molecule has 0 saturated carbocycles. The molecule has 0 atom stereocenters. The third-order valence-corrected chi connectivity index (χ3v) is 12.1. The SMILES string of the molecule is c1ccc(N(c2ccccc2)c2ccc(-c3ccc(-c4cc(-c5ccc6c(c5)oc5ccccc56)cc(-c5ccc6c(c5)oc5ccccc56)c4)c4ccccc34)cc2)cc1.